The second kappa shape index (κ2) is 7.73. The third-order valence-corrected chi connectivity index (χ3v) is 3.45. The van der Waals surface area contributed by atoms with Crippen molar-refractivity contribution in [2.24, 2.45) is 0 Å². The summed E-state index contributed by atoms with van der Waals surface area (Å²) in [6.45, 7) is 10.8. The quantitative estimate of drug-likeness (QED) is 0.767. The summed E-state index contributed by atoms with van der Waals surface area (Å²) in [6, 6.07) is 2.04. The van der Waals surface area contributed by atoms with Gasteiger partial charge in [0, 0.05) is 30.5 Å². The largest absolute Gasteiger partial charge is 0.369 e. The maximum Gasteiger partial charge on any atom is 0.221 e. The van der Waals surface area contributed by atoms with Gasteiger partial charge in [-0.05, 0) is 29.3 Å². The molecule has 0 aromatic carbocycles. The molecule has 0 aliphatic carbocycles. The Bertz CT molecular complexity index is 485. The zero-order valence-electron chi connectivity index (χ0n) is 13.5. The highest BCUT2D eigenvalue weighted by Gasteiger charge is 2.18. The van der Waals surface area contributed by atoms with Gasteiger partial charge < -0.3 is 10.6 Å². The van der Waals surface area contributed by atoms with Gasteiger partial charge in [-0.2, -0.15) is 0 Å². The molecule has 1 aromatic heterocycles. The number of amides is 1. The van der Waals surface area contributed by atoms with Crippen LogP contribution in [0.25, 0.3) is 0 Å². The third kappa shape index (κ3) is 6.42. The maximum absolute atomic E-state index is 11.7. The molecule has 21 heavy (non-hydrogen) atoms. The van der Waals surface area contributed by atoms with E-state index in [0.29, 0.717) is 13.0 Å². The van der Waals surface area contributed by atoms with Crippen LogP contribution in [-0.2, 0) is 10.2 Å². The first kappa shape index (κ1) is 17.9. The van der Waals surface area contributed by atoms with E-state index >= 15 is 0 Å². The van der Waals surface area contributed by atoms with Gasteiger partial charge in [0.05, 0.1) is 0 Å². The number of hydrogen-bond donors (Lipinski definition) is 2. The van der Waals surface area contributed by atoms with E-state index in [1.54, 1.807) is 0 Å². The zero-order chi connectivity index (χ0) is 16.0. The second-order valence-corrected chi connectivity index (χ2v) is 7.02. The third-order valence-electron chi connectivity index (χ3n) is 3.04. The Hall–Kier alpha value is -1.17. The van der Waals surface area contributed by atoms with Crippen molar-refractivity contribution in [1.29, 1.82) is 0 Å². The summed E-state index contributed by atoms with van der Waals surface area (Å²) in [5.74, 6) is 1.56. The summed E-state index contributed by atoms with van der Waals surface area (Å²) in [4.78, 5) is 20.6. The highest BCUT2D eigenvalue weighted by Crippen LogP contribution is 2.22. The molecule has 0 spiro atoms. The Morgan fingerprint density at radius 2 is 2.05 bits per heavy atom. The van der Waals surface area contributed by atoms with Crippen LogP contribution in [0.1, 0.15) is 53.3 Å². The molecule has 5 nitrogen and oxygen atoms in total. The fourth-order valence-electron chi connectivity index (χ4n) is 1.60. The van der Waals surface area contributed by atoms with Crippen LogP contribution in [0.3, 0.4) is 0 Å². The Morgan fingerprint density at radius 3 is 2.62 bits per heavy atom. The molecule has 2 N–H and O–H groups in total. The average molecular weight is 357 g/mol. The summed E-state index contributed by atoms with van der Waals surface area (Å²) < 4.78 is 0.744. The fourth-order valence-corrected chi connectivity index (χ4v) is 1.98. The van der Waals surface area contributed by atoms with Gasteiger partial charge in [-0.25, -0.2) is 9.97 Å². The number of aromatic nitrogens is 2. The zero-order valence-corrected chi connectivity index (χ0v) is 15.0. The van der Waals surface area contributed by atoms with Gasteiger partial charge in [0.15, 0.2) is 0 Å². The number of carbonyl (C=O) groups excluding carboxylic acids is 1. The number of nitrogens with zero attached hydrogens (tertiary/aromatic N) is 2. The molecule has 0 saturated carbocycles. The van der Waals surface area contributed by atoms with Crippen molar-refractivity contribution in [3.8, 4) is 0 Å². The van der Waals surface area contributed by atoms with Crippen molar-refractivity contribution >= 4 is 27.7 Å². The Balaban J connectivity index is 2.56. The predicted octanol–water partition coefficient (Wildman–Crippen LogP) is 3.25. The summed E-state index contributed by atoms with van der Waals surface area (Å²) in [5, 5.41) is 6.12. The van der Waals surface area contributed by atoms with Gasteiger partial charge in [0.1, 0.15) is 16.2 Å². The van der Waals surface area contributed by atoms with E-state index in [2.05, 4.69) is 64.2 Å². The van der Waals surface area contributed by atoms with E-state index in [0.717, 1.165) is 22.7 Å². The lowest BCUT2D eigenvalue weighted by atomic mass is 9.96. The smallest absolute Gasteiger partial charge is 0.221 e. The highest BCUT2D eigenvalue weighted by atomic mass is 79.9. The molecule has 118 valence electrons. The molecule has 0 radical (unpaired) electrons. The van der Waals surface area contributed by atoms with Crippen molar-refractivity contribution in [2.45, 2.75) is 58.9 Å². The van der Waals surface area contributed by atoms with Crippen molar-refractivity contribution in [3.05, 3.63) is 16.5 Å². The topological polar surface area (TPSA) is 66.9 Å². The second-order valence-electron chi connectivity index (χ2n) is 6.20. The van der Waals surface area contributed by atoms with Crippen molar-refractivity contribution in [1.82, 2.24) is 15.3 Å². The molecular formula is C15H25BrN4O. The first-order valence-electron chi connectivity index (χ1n) is 7.30. The Labute approximate surface area is 135 Å². The molecule has 0 fully saturated rings. The summed E-state index contributed by atoms with van der Waals surface area (Å²) in [7, 11) is 0. The predicted molar refractivity (Wildman–Crippen MR) is 89.4 cm³/mol. The normalized spacial score (nSPS) is 12.9. The van der Waals surface area contributed by atoms with Crippen LogP contribution in [0.4, 0.5) is 5.82 Å². The van der Waals surface area contributed by atoms with E-state index in [1.807, 2.05) is 13.0 Å². The first-order chi connectivity index (χ1) is 9.72. The van der Waals surface area contributed by atoms with E-state index < -0.39 is 0 Å². The van der Waals surface area contributed by atoms with Crippen LogP contribution in [0.5, 0.6) is 0 Å². The number of nitrogens with one attached hydrogen (secondary N) is 2. The Kier molecular flexibility index (Phi) is 6.58. The molecule has 1 rings (SSSR count). The van der Waals surface area contributed by atoms with Crippen molar-refractivity contribution in [3.63, 3.8) is 0 Å². The van der Waals surface area contributed by atoms with Crippen LogP contribution in [0, 0.1) is 0 Å². The number of halogens is 1. The molecule has 0 saturated heterocycles. The van der Waals surface area contributed by atoms with Crippen LogP contribution >= 0.6 is 15.9 Å². The average Bonchev–Trinajstić information content (AvgIpc) is 2.36. The van der Waals surface area contributed by atoms with Crippen LogP contribution in [0.15, 0.2) is 10.7 Å². The van der Waals surface area contributed by atoms with E-state index in [4.69, 9.17) is 0 Å². The molecule has 0 bridgehead atoms. The lowest BCUT2D eigenvalue weighted by Gasteiger charge is -2.18. The summed E-state index contributed by atoms with van der Waals surface area (Å²) in [6.07, 6.45) is 1.36. The summed E-state index contributed by atoms with van der Waals surface area (Å²) >= 11 is 3.40. The molecule has 1 unspecified atom stereocenters. The number of carbonyl (C=O) groups is 1. The number of anilines is 1. The standard InChI is InChI=1S/C15H25BrN4O/c1-6-10(2)18-13(21)7-8-17-12-9-11(16)19-14(20-12)15(3,4)5/h9-10H,6-8H2,1-5H3,(H,18,21)(H,17,19,20). The highest BCUT2D eigenvalue weighted by molar-refractivity contribution is 9.10. The number of hydrogen-bond acceptors (Lipinski definition) is 4. The van der Waals surface area contributed by atoms with Crippen LogP contribution in [-0.4, -0.2) is 28.5 Å². The first-order valence-corrected chi connectivity index (χ1v) is 8.10. The molecule has 0 aliphatic rings. The van der Waals surface area contributed by atoms with Gasteiger partial charge in [0.2, 0.25) is 5.91 Å². The lowest BCUT2D eigenvalue weighted by molar-refractivity contribution is -0.121. The molecule has 1 heterocycles. The molecule has 1 atom stereocenters. The minimum Gasteiger partial charge on any atom is -0.369 e. The van der Waals surface area contributed by atoms with E-state index in [1.165, 1.54) is 0 Å². The molecule has 0 aliphatic heterocycles. The Morgan fingerprint density at radius 1 is 1.38 bits per heavy atom. The number of rotatable bonds is 6. The van der Waals surface area contributed by atoms with Crippen molar-refractivity contribution in [2.75, 3.05) is 11.9 Å². The van der Waals surface area contributed by atoms with Gasteiger partial charge >= 0.3 is 0 Å². The van der Waals surface area contributed by atoms with E-state index in [-0.39, 0.29) is 17.4 Å². The molecule has 1 amide bonds. The maximum atomic E-state index is 11.7. The van der Waals surface area contributed by atoms with Gasteiger partial charge in [-0.3, -0.25) is 4.79 Å². The van der Waals surface area contributed by atoms with Crippen molar-refractivity contribution < 1.29 is 4.79 Å². The van der Waals surface area contributed by atoms with Gasteiger partial charge in [-0.15, -0.1) is 0 Å². The van der Waals surface area contributed by atoms with Gasteiger partial charge in [0.25, 0.3) is 0 Å². The van der Waals surface area contributed by atoms with Crippen LogP contribution in [0.2, 0.25) is 0 Å². The minimum atomic E-state index is -0.117. The fraction of sp³-hybridized carbons (Fsp3) is 0.667. The van der Waals surface area contributed by atoms with Gasteiger partial charge in [-0.1, -0.05) is 27.7 Å². The molecular weight excluding hydrogens is 332 g/mol. The lowest BCUT2D eigenvalue weighted by Crippen LogP contribution is -2.33. The monoisotopic (exact) mass is 356 g/mol. The van der Waals surface area contributed by atoms with Crippen LogP contribution < -0.4 is 10.6 Å². The summed E-state index contributed by atoms with van der Waals surface area (Å²) in [5.41, 5.74) is -0.117. The SMILES string of the molecule is CCC(C)NC(=O)CCNc1cc(Br)nc(C(C)(C)C)n1. The minimum absolute atomic E-state index is 0.0565. The molecule has 1 aromatic rings. The molecule has 6 heteroatoms. The van der Waals surface area contributed by atoms with E-state index in [9.17, 15) is 4.79 Å².